The molecule has 23 heavy (non-hydrogen) atoms. The van der Waals surface area contributed by atoms with E-state index in [9.17, 15) is 0 Å². The molecule has 1 atom stereocenters. The summed E-state index contributed by atoms with van der Waals surface area (Å²) in [6.07, 6.45) is 3.06. The van der Waals surface area contributed by atoms with Gasteiger partial charge in [0.25, 0.3) is 0 Å². The monoisotopic (exact) mass is 305 g/mol. The van der Waals surface area contributed by atoms with Crippen LogP contribution in [0.1, 0.15) is 24.0 Å². The Morgan fingerprint density at radius 1 is 1.00 bits per heavy atom. The number of benzene rings is 2. The fraction of sp³-hybridized carbons (Fsp3) is 0.333. The zero-order valence-electron chi connectivity index (χ0n) is 13.4. The van der Waals surface area contributed by atoms with E-state index < -0.39 is 0 Å². The highest BCUT2D eigenvalue weighted by molar-refractivity contribution is 5.64. The maximum absolute atomic E-state index is 5.45. The molecule has 2 aromatic carbocycles. The van der Waals surface area contributed by atoms with Gasteiger partial charge in [0.15, 0.2) is 0 Å². The highest BCUT2D eigenvalue weighted by Crippen LogP contribution is 2.23. The SMILES string of the molecule is NCCC#Cc1ccc(-c2ccc(CC3CCOC3)cc2)cc1. The highest BCUT2D eigenvalue weighted by atomic mass is 16.5. The molecule has 0 radical (unpaired) electrons. The lowest BCUT2D eigenvalue weighted by Gasteiger charge is -2.08. The van der Waals surface area contributed by atoms with E-state index in [1.807, 2.05) is 0 Å². The highest BCUT2D eigenvalue weighted by Gasteiger charge is 2.15. The van der Waals surface area contributed by atoms with Gasteiger partial charge in [0.1, 0.15) is 0 Å². The second-order valence-electron chi connectivity index (χ2n) is 6.05. The summed E-state index contributed by atoms with van der Waals surface area (Å²) >= 11 is 0. The Bertz CT molecular complexity index is 671. The van der Waals surface area contributed by atoms with Crippen molar-refractivity contribution in [2.45, 2.75) is 19.3 Å². The first kappa shape index (κ1) is 15.8. The average Bonchev–Trinajstić information content (AvgIpc) is 3.10. The molecule has 1 saturated heterocycles. The van der Waals surface area contributed by atoms with Crippen molar-refractivity contribution in [3.8, 4) is 23.0 Å². The number of ether oxygens (including phenoxy) is 1. The van der Waals surface area contributed by atoms with Crippen LogP contribution in [0.25, 0.3) is 11.1 Å². The van der Waals surface area contributed by atoms with Gasteiger partial charge in [-0.3, -0.25) is 0 Å². The lowest BCUT2D eigenvalue weighted by Crippen LogP contribution is -2.03. The van der Waals surface area contributed by atoms with Gasteiger partial charge in [0.2, 0.25) is 0 Å². The number of rotatable bonds is 4. The summed E-state index contributed by atoms with van der Waals surface area (Å²) in [5, 5.41) is 0. The van der Waals surface area contributed by atoms with Crippen LogP contribution in [-0.4, -0.2) is 19.8 Å². The molecule has 0 bridgehead atoms. The normalized spacial score (nSPS) is 16.8. The summed E-state index contributed by atoms with van der Waals surface area (Å²) in [6, 6.07) is 17.3. The smallest absolute Gasteiger partial charge is 0.0498 e. The van der Waals surface area contributed by atoms with E-state index in [0.29, 0.717) is 12.5 Å². The molecule has 1 fully saturated rings. The number of nitrogens with two attached hydrogens (primary N) is 1. The fourth-order valence-corrected chi connectivity index (χ4v) is 2.89. The number of hydrogen-bond acceptors (Lipinski definition) is 2. The first-order valence-corrected chi connectivity index (χ1v) is 8.31. The number of hydrogen-bond donors (Lipinski definition) is 1. The van der Waals surface area contributed by atoms with Gasteiger partial charge in [0, 0.05) is 31.7 Å². The zero-order chi connectivity index (χ0) is 15.9. The first-order chi connectivity index (χ1) is 11.3. The quantitative estimate of drug-likeness (QED) is 0.875. The lowest BCUT2D eigenvalue weighted by molar-refractivity contribution is 0.186. The molecule has 2 aromatic rings. The Kier molecular flexibility index (Phi) is 5.47. The van der Waals surface area contributed by atoms with Gasteiger partial charge >= 0.3 is 0 Å². The van der Waals surface area contributed by atoms with Crippen LogP contribution in [0.2, 0.25) is 0 Å². The molecule has 3 rings (SSSR count). The van der Waals surface area contributed by atoms with Crippen molar-refractivity contribution in [3.05, 3.63) is 59.7 Å². The van der Waals surface area contributed by atoms with Gasteiger partial charge in [-0.15, -0.1) is 0 Å². The van der Waals surface area contributed by atoms with Crippen molar-refractivity contribution in [1.29, 1.82) is 0 Å². The van der Waals surface area contributed by atoms with Crippen molar-refractivity contribution >= 4 is 0 Å². The second kappa shape index (κ2) is 7.97. The van der Waals surface area contributed by atoms with E-state index in [-0.39, 0.29) is 0 Å². The fourth-order valence-electron chi connectivity index (χ4n) is 2.89. The predicted octanol–water partition coefficient (Wildman–Crippen LogP) is 3.63. The first-order valence-electron chi connectivity index (χ1n) is 8.31. The Hall–Kier alpha value is -2.08. The molecular formula is C21H23NO. The molecule has 1 aliphatic heterocycles. The predicted molar refractivity (Wildman–Crippen MR) is 95.1 cm³/mol. The Labute approximate surface area is 138 Å². The molecule has 1 heterocycles. The summed E-state index contributed by atoms with van der Waals surface area (Å²) in [6.45, 7) is 2.45. The molecule has 118 valence electrons. The van der Waals surface area contributed by atoms with Crippen molar-refractivity contribution < 1.29 is 4.74 Å². The van der Waals surface area contributed by atoms with Crippen molar-refractivity contribution in [1.82, 2.24) is 0 Å². The Balaban J connectivity index is 1.65. The molecule has 1 unspecified atom stereocenters. The third-order valence-corrected chi connectivity index (χ3v) is 4.22. The molecule has 0 aromatic heterocycles. The minimum Gasteiger partial charge on any atom is -0.381 e. The van der Waals surface area contributed by atoms with E-state index in [4.69, 9.17) is 10.5 Å². The Morgan fingerprint density at radius 2 is 1.70 bits per heavy atom. The molecule has 0 spiro atoms. The molecule has 2 N–H and O–H groups in total. The minimum atomic E-state index is 0.615. The average molecular weight is 305 g/mol. The zero-order valence-corrected chi connectivity index (χ0v) is 13.4. The third kappa shape index (κ3) is 4.45. The van der Waals surface area contributed by atoms with E-state index in [1.165, 1.54) is 23.1 Å². The van der Waals surface area contributed by atoms with E-state index in [2.05, 4.69) is 60.4 Å². The molecular weight excluding hydrogens is 282 g/mol. The largest absolute Gasteiger partial charge is 0.381 e. The molecule has 0 amide bonds. The van der Waals surface area contributed by atoms with Crippen LogP contribution in [0.15, 0.2) is 48.5 Å². The molecule has 0 aliphatic carbocycles. The van der Waals surface area contributed by atoms with Crippen molar-refractivity contribution in [2.75, 3.05) is 19.8 Å². The third-order valence-electron chi connectivity index (χ3n) is 4.22. The van der Waals surface area contributed by atoms with Gasteiger partial charge in [-0.05, 0) is 47.6 Å². The van der Waals surface area contributed by atoms with E-state index in [0.717, 1.165) is 31.6 Å². The van der Waals surface area contributed by atoms with Crippen molar-refractivity contribution in [2.24, 2.45) is 11.7 Å². The van der Waals surface area contributed by atoms with E-state index in [1.54, 1.807) is 0 Å². The van der Waals surface area contributed by atoms with Crippen LogP contribution in [0, 0.1) is 17.8 Å². The molecule has 2 nitrogen and oxygen atoms in total. The minimum absolute atomic E-state index is 0.615. The van der Waals surface area contributed by atoms with Crippen LogP contribution >= 0.6 is 0 Å². The van der Waals surface area contributed by atoms with E-state index >= 15 is 0 Å². The van der Waals surface area contributed by atoms with Gasteiger partial charge in [-0.1, -0.05) is 48.2 Å². The summed E-state index contributed by atoms with van der Waals surface area (Å²) < 4.78 is 5.45. The summed E-state index contributed by atoms with van der Waals surface area (Å²) in [5.74, 6) is 6.89. The molecule has 2 heteroatoms. The van der Waals surface area contributed by atoms with Gasteiger partial charge in [-0.25, -0.2) is 0 Å². The van der Waals surface area contributed by atoms with Crippen LogP contribution in [-0.2, 0) is 11.2 Å². The van der Waals surface area contributed by atoms with Crippen LogP contribution in [0.3, 0.4) is 0 Å². The summed E-state index contributed by atoms with van der Waals surface area (Å²) in [7, 11) is 0. The van der Waals surface area contributed by atoms with Gasteiger partial charge in [0.05, 0.1) is 0 Å². The molecule has 1 aliphatic rings. The van der Waals surface area contributed by atoms with Crippen LogP contribution in [0.5, 0.6) is 0 Å². The summed E-state index contributed by atoms with van der Waals surface area (Å²) in [4.78, 5) is 0. The van der Waals surface area contributed by atoms with Crippen molar-refractivity contribution in [3.63, 3.8) is 0 Å². The standard InChI is InChI=1S/C21H23NO/c22-13-2-1-3-17-4-8-20(9-5-17)21-10-6-18(7-11-21)15-19-12-14-23-16-19/h4-11,19H,2,12-16,22H2. The van der Waals surface area contributed by atoms with Crippen LogP contribution < -0.4 is 5.73 Å². The maximum Gasteiger partial charge on any atom is 0.0498 e. The Morgan fingerprint density at radius 3 is 2.30 bits per heavy atom. The lowest BCUT2D eigenvalue weighted by atomic mass is 9.96. The topological polar surface area (TPSA) is 35.2 Å². The van der Waals surface area contributed by atoms with Gasteiger partial charge < -0.3 is 10.5 Å². The molecule has 0 saturated carbocycles. The van der Waals surface area contributed by atoms with Crippen LogP contribution in [0.4, 0.5) is 0 Å². The van der Waals surface area contributed by atoms with Gasteiger partial charge in [-0.2, -0.15) is 0 Å². The summed E-state index contributed by atoms with van der Waals surface area (Å²) in [5.41, 5.74) is 10.4. The maximum atomic E-state index is 5.45. The second-order valence-corrected chi connectivity index (χ2v) is 6.05.